The molecule has 1 aliphatic rings. The molecule has 1 aromatic rings. The maximum Gasteiger partial charge on any atom is 0.191 e. The van der Waals surface area contributed by atoms with Crippen molar-refractivity contribution in [2.45, 2.75) is 38.8 Å². The fourth-order valence-corrected chi connectivity index (χ4v) is 3.79. The van der Waals surface area contributed by atoms with Gasteiger partial charge in [-0.05, 0) is 51.2 Å². The van der Waals surface area contributed by atoms with Crippen LogP contribution in [0.4, 0.5) is 0 Å². The zero-order valence-corrected chi connectivity index (χ0v) is 18.1. The van der Waals surface area contributed by atoms with E-state index in [4.69, 9.17) is 9.73 Å². The van der Waals surface area contributed by atoms with Crippen molar-refractivity contribution in [1.29, 1.82) is 0 Å². The lowest BCUT2D eigenvalue weighted by Crippen LogP contribution is -2.44. The first-order chi connectivity index (χ1) is 11.2. The van der Waals surface area contributed by atoms with Crippen LogP contribution in [0, 0.1) is 0 Å². The summed E-state index contributed by atoms with van der Waals surface area (Å²) in [4.78, 5) is 8.82. The molecule has 0 amide bonds. The van der Waals surface area contributed by atoms with E-state index in [0.29, 0.717) is 12.6 Å². The third-order valence-electron chi connectivity index (χ3n) is 4.02. The number of rotatable bonds is 8. The van der Waals surface area contributed by atoms with Gasteiger partial charge in [0.2, 0.25) is 0 Å². The van der Waals surface area contributed by atoms with Crippen LogP contribution in [-0.2, 0) is 4.74 Å². The monoisotopic (exact) mass is 466 g/mol. The molecule has 2 rings (SSSR count). The lowest BCUT2D eigenvalue weighted by molar-refractivity contribution is 0.179. The summed E-state index contributed by atoms with van der Waals surface area (Å²) in [5, 5.41) is 8.90. The molecular weight excluding hydrogens is 435 g/mol. The minimum atomic E-state index is 0. The lowest BCUT2D eigenvalue weighted by Gasteiger charge is -2.26. The Balaban J connectivity index is 0.00000288. The Kier molecular flexibility index (Phi) is 10.9. The summed E-state index contributed by atoms with van der Waals surface area (Å²) < 4.78 is 5.20. The maximum atomic E-state index is 5.20. The molecule has 7 heteroatoms. The van der Waals surface area contributed by atoms with Gasteiger partial charge in [-0.2, -0.15) is 0 Å². The Morgan fingerprint density at radius 3 is 2.75 bits per heavy atom. The van der Waals surface area contributed by atoms with E-state index in [-0.39, 0.29) is 30.0 Å². The van der Waals surface area contributed by atoms with Crippen molar-refractivity contribution in [2.24, 2.45) is 4.99 Å². The average Bonchev–Trinajstić information content (AvgIpc) is 3.21. The molecule has 0 aromatic carbocycles. The van der Waals surface area contributed by atoms with Crippen molar-refractivity contribution in [1.82, 2.24) is 15.5 Å². The van der Waals surface area contributed by atoms with Gasteiger partial charge >= 0.3 is 0 Å². The van der Waals surface area contributed by atoms with Gasteiger partial charge in [0.1, 0.15) is 0 Å². The van der Waals surface area contributed by atoms with Gasteiger partial charge in [-0.3, -0.25) is 9.89 Å². The van der Waals surface area contributed by atoms with Crippen LogP contribution in [-0.4, -0.2) is 56.8 Å². The molecule has 5 nitrogen and oxygen atoms in total. The number of hydrogen-bond acceptors (Lipinski definition) is 4. The standard InChI is InChI=1S/C17H30N4OS.HI/c1-4-18-17(20-14(2)13-22-3)19-12-15(16-8-7-11-23-16)21-9-5-6-10-21;/h7-8,11,14-15H,4-6,9-10,12-13H2,1-3H3,(H2,18,19,20);1H. The van der Waals surface area contributed by atoms with E-state index < -0.39 is 0 Å². The van der Waals surface area contributed by atoms with Crippen LogP contribution < -0.4 is 10.6 Å². The molecular formula is C17H31IN4OS. The second-order valence-electron chi connectivity index (χ2n) is 5.99. The quantitative estimate of drug-likeness (QED) is 0.351. The van der Waals surface area contributed by atoms with Crippen LogP contribution >= 0.6 is 35.3 Å². The molecule has 1 fully saturated rings. The predicted molar refractivity (Wildman–Crippen MR) is 114 cm³/mol. The summed E-state index contributed by atoms with van der Waals surface area (Å²) in [5.41, 5.74) is 0. The van der Waals surface area contributed by atoms with E-state index >= 15 is 0 Å². The van der Waals surface area contributed by atoms with E-state index in [1.165, 1.54) is 30.8 Å². The smallest absolute Gasteiger partial charge is 0.191 e. The number of methoxy groups -OCH3 is 1. The Bertz CT molecular complexity index is 463. The van der Waals surface area contributed by atoms with Gasteiger partial charge in [0.15, 0.2) is 5.96 Å². The molecule has 0 aliphatic carbocycles. The predicted octanol–water partition coefficient (Wildman–Crippen LogP) is 3.09. The highest BCUT2D eigenvalue weighted by Gasteiger charge is 2.24. The average molecular weight is 466 g/mol. The van der Waals surface area contributed by atoms with Crippen molar-refractivity contribution < 1.29 is 4.74 Å². The largest absolute Gasteiger partial charge is 0.383 e. The summed E-state index contributed by atoms with van der Waals surface area (Å²) in [6.45, 7) is 8.88. The number of thiophene rings is 1. The van der Waals surface area contributed by atoms with E-state index in [1.54, 1.807) is 7.11 Å². The number of guanidine groups is 1. The number of likely N-dealkylation sites (tertiary alicyclic amines) is 1. The summed E-state index contributed by atoms with van der Waals surface area (Å²) >= 11 is 1.83. The fourth-order valence-electron chi connectivity index (χ4n) is 2.94. The molecule has 1 saturated heterocycles. The van der Waals surface area contributed by atoms with Gasteiger partial charge in [0, 0.05) is 24.6 Å². The molecule has 2 atom stereocenters. The van der Waals surface area contributed by atoms with Crippen LogP contribution in [0.25, 0.3) is 0 Å². The number of nitrogens with zero attached hydrogens (tertiary/aromatic N) is 2. The number of aliphatic imine (C=N–C) groups is 1. The minimum absolute atomic E-state index is 0. The lowest BCUT2D eigenvalue weighted by atomic mass is 10.2. The van der Waals surface area contributed by atoms with E-state index in [1.807, 2.05) is 11.3 Å². The maximum absolute atomic E-state index is 5.20. The molecule has 24 heavy (non-hydrogen) atoms. The molecule has 2 heterocycles. The Labute approximate surface area is 167 Å². The SMILES string of the molecule is CCNC(=NCC(c1cccs1)N1CCCC1)NC(C)COC.I. The molecule has 0 radical (unpaired) electrons. The summed E-state index contributed by atoms with van der Waals surface area (Å²) in [7, 11) is 1.72. The van der Waals surface area contributed by atoms with Crippen LogP contribution in [0.1, 0.15) is 37.6 Å². The van der Waals surface area contributed by atoms with Gasteiger partial charge < -0.3 is 15.4 Å². The number of halogens is 1. The van der Waals surface area contributed by atoms with Crippen LogP contribution in [0.3, 0.4) is 0 Å². The minimum Gasteiger partial charge on any atom is -0.383 e. The third kappa shape index (κ3) is 6.85. The normalized spacial score (nSPS) is 18.0. The topological polar surface area (TPSA) is 48.9 Å². The second-order valence-corrected chi connectivity index (χ2v) is 6.97. The first-order valence-electron chi connectivity index (χ1n) is 8.55. The molecule has 2 N–H and O–H groups in total. The first-order valence-corrected chi connectivity index (χ1v) is 9.43. The van der Waals surface area contributed by atoms with E-state index in [9.17, 15) is 0 Å². The molecule has 1 aliphatic heterocycles. The molecule has 0 bridgehead atoms. The van der Waals surface area contributed by atoms with Gasteiger partial charge in [-0.1, -0.05) is 6.07 Å². The summed E-state index contributed by atoms with van der Waals surface area (Å²) in [6, 6.07) is 5.00. The summed E-state index contributed by atoms with van der Waals surface area (Å²) in [6.07, 6.45) is 2.60. The fraction of sp³-hybridized carbons (Fsp3) is 0.706. The van der Waals surface area contributed by atoms with E-state index in [0.717, 1.165) is 19.0 Å². The van der Waals surface area contributed by atoms with Crippen molar-refractivity contribution in [3.8, 4) is 0 Å². The van der Waals surface area contributed by atoms with Crippen molar-refractivity contribution in [2.75, 3.05) is 39.9 Å². The van der Waals surface area contributed by atoms with Gasteiger partial charge in [0.25, 0.3) is 0 Å². The van der Waals surface area contributed by atoms with Crippen molar-refractivity contribution in [3.63, 3.8) is 0 Å². The van der Waals surface area contributed by atoms with Crippen LogP contribution in [0.5, 0.6) is 0 Å². The highest BCUT2D eigenvalue weighted by atomic mass is 127. The molecule has 2 unspecified atom stereocenters. The van der Waals surface area contributed by atoms with Gasteiger partial charge in [-0.25, -0.2) is 0 Å². The zero-order valence-electron chi connectivity index (χ0n) is 15.0. The number of nitrogens with one attached hydrogen (secondary N) is 2. The molecule has 1 aromatic heterocycles. The Morgan fingerprint density at radius 1 is 1.42 bits per heavy atom. The van der Waals surface area contributed by atoms with Crippen molar-refractivity contribution in [3.05, 3.63) is 22.4 Å². The Hall–Kier alpha value is -0.380. The highest BCUT2D eigenvalue weighted by molar-refractivity contribution is 14.0. The van der Waals surface area contributed by atoms with Gasteiger partial charge in [-0.15, -0.1) is 35.3 Å². The summed E-state index contributed by atoms with van der Waals surface area (Å²) in [5.74, 6) is 0.873. The van der Waals surface area contributed by atoms with Crippen LogP contribution in [0.2, 0.25) is 0 Å². The molecule has 138 valence electrons. The first kappa shape index (κ1) is 21.7. The van der Waals surface area contributed by atoms with Crippen LogP contribution in [0.15, 0.2) is 22.5 Å². The number of hydrogen-bond donors (Lipinski definition) is 2. The molecule has 0 saturated carbocycles. The van der Waals surface area contributed by atoms with E-state index in [2.05, 4.69) is 46.9 Å². The highest BCUT2D eigenvalue weighted by Crippen LogP contribution is 2.28. The number of ether oxygens (including phenoxy) is 1. The zero-order chi connectivity index (χ0) is 16.5. The van der Waals surface area contributed by atoms with Crippen molar-refractivity contribution >= 4 is 41.3 Å². The van der Waals surface area contributed by atoms with Gasteiger partial charge in [0.05, 0.1) is 19.2 Å². The molecule has 0 spiro atoms. The third-order valence-corrected chi connectivity index (χ3v) is 4.99. The Morgan fingerprint density at radius 2 is 2.17 bits per heavy atom. The second kappa shape index (κ2) is 12.1.